The van der Waals surface area contributed by atoms with Crippen molar-refractivity contribution in [3.05, 3.63) is 0 Å². The van der Waals surface area contributed by atoms with Gasteiger partial charge in [-0.1, -0.05) is 19.6 Å². The molecule has 58 valence electrons. The normalized spacial score (nSPS) is 7.17. The van der Waals surface area contributed by atoms with E-state index in [9.17, 15) is 0 Å². The van der Waals surface area contributed by atoms with Crippen LogP contribution in [0.2, 0.25) is 19.6 Å². The lowest BCUT2D eigenvalue weighted by Gasteiger charge is -2.01. The van der Waals surface area contributed by atoms with Gasteiger partial charge in [-0.2, -0.15) is 0 Å². The van der Waals surface area contributed by atoms with Crippen molar-refractivity contribution in [1.29, 1.82) is 0 Å². The van der Waals surface area contributed by atoms with Crippen LogP contribution in [0.4, 0.5) is 0 Å². The molecule has 0 atom stereocenters. The predicted octanol–water partition coefficient (Wildman–Crippen LogP) is 1.51. The Morgan fingerprint density at radius 3 is 1.83 bits per heavy atom. The summed E-state index contributed by atoms with van der Waals surface area (Å²) in [4.78, 5) is 0. The summed E-state index contributed by atoms with van der Waals surface area (Å²) in [7, 11) is -1.28. The molecule has 0 saturated carbocycles. The Bertz CT molecular complexity index is 355. The first-order valence-corrected chi connectivity index (χ1v) is 7.04. The zero-order valence-corrected chi connectivity index (χ0v) is 8.58. The molecule has 0 heterocycles. The summed E-state index contributed by atoms with van der Waals surface area (Å²) in [5, 5.41) is 0. The smallest absolute Gasteiger partial charge is 0.118 e. The molecule has 0 radical (unpaired) electrons. The minimum atomic E-state index is -1.28. The standard InChI is InChI=1S/C11H10Si/c1-5-6-7-8-9-10-11-12(2,3)4/h1H,2-4H3. The SMILES string of the molecule is C#CC#CC#CC#C[Si](C)(C)C. The Morgan fingerprint density at radius 1 is 0.833 bits per heavy atom. The largest absolute Gasteiger partial charge is 0.130 e. The first-order chi connectivity index (χ1) is 5.56. The molecule has 0 unspecified atom stereocenters. The summed E-state index contributed by atoms with van der Waals surface area (Å²) in [6.07, 6.45) is 4.89. The van der Waals surface area contributed by atoms with Gasteiger partial charge in [-0.05, 0) is 35.5 Å². The summed E-state index contributed by atoms with van der Waals surface area (Å²) in [5.74, 6) is 15.0. The van der Waals surface area contributed by atoms with Crippen molar-refractivity contribution < 1.29 is 0 Å². The van der Waals surface area contributed by atoms with E-state index in [1.54, 1.807) is 0 Å². The van der Waals surface area contributed by atoms with Gasteiger partial charge >= 0.3 is 0 Å². The van der Waals surface area contributed by atoms with Gasteiger partial charge in [0, 0.05) is 0 Å². The van der Waals surface area contributed by atoms with Crippen molar-refractivity contribution in [2.45, 2.75) is 19.6 Å². The molecule has 0 aliphatic rings. The zero-order valence-electron chi connectivity index (χ0n) is 7.58. The molecule has 0 spiro atoms. The molecule has 0 bridgehead atoms. The maximum atomic E-state index is 4.89. The van der Waals surface area contributed by atoms with E-state index in [0.717, 1.165) is 0 Å². The lowest BCUT2D eigenvalue weighted by Crippen LogP contribution is -2.16. The molecular weight excluding hydrogens is 160 g/mol. The van der Waals surface area contributed by atoms with Crippen LogP contribution in [0.1, 0.15) is 0 Å². The van der Waals surface area contributed by atoms with Gasteiger partial charge in [-0.15, -0.1) is 12.0 Å². The van der Waals surface area contributed by atoms with Gasteiger partial charge < -0.3 is 0 Å². The highest BCUT2D eigenvalue weighted by atomic mass is 28.3. The van der Waals surface area contributed by atoms with Gasteiger partial charge in [0.05, 0.1) is 0 Å². The van der Waals surface area contributed by atoms with Gasteiger partial charge in [0.15, 0.2) is 0 Å². The van der Waals surface area contributed by atoms with Crippen molar-refractivity contribution in [2.24, 2.45) is 0 Å². The van der Waals surface area contributed by atoms with Crippen LogP contribution in [0.3, 0.4) is 0 Å². The summed E-state index contributed by atoms with van der Waals surface area (Å²) >= 11 is 0. The third-order valence-electron chi connectivity index (χ3n) is 0.760. The van der Waals surface area contributed by atoms with Crippen LogP contribution in [-0.4, -0.2) is 8.07 Å². The van der Waals surface area contributed by atoms with E-state index < -0.39 is 8.07 Å². The van der Waals surface area contributed by atoms with E-state index >= 15 is 0 Å². The van der Waals surface area contributed by atoms with Gasteiger partial charge in [-0.25, -0.2) is 0 Å². The lowest BCUT2D eigenvalue weighted by atomic mass is 10.5. The second-order valence-electron chi connectivity index (χ2n) is 3.14. The average molecular weight is 170 g/mol. The van der Waals surface area contributed by atoms with Crippen molar-refractivity contribution in [3.63, 3.8) is 0 Å². The Labute approximate surface area is 75.8 Å². The molecule has 0 aliphatic heterocycles. The molecule has 0 nitrogen and oxygen atoms in total. The quantitative estimate of drug-likeness (QED) is 0.382. The summed E-state index contributed by atoms with van der Waals surface area (Å²) < 4.78 is 0. The topological polar surface area (TPSA) is 0 Å². The Balaban J connectivity index is 4.19. The van der Waals surface area contributed by atoms with Crippen LogP contribution >= 0.6 is 0 Å². The number of hydrogen-bond acceptors (Lipinski definition) is 0. The molecule has 0 aliphatic carbocycles. The fraction of sp³-hybridized carbons (Fsp3) is 0.273. The fourth-order valence-electron chi connectivity index (χ4n) is 0.349. The summed E-state index contributed by atoms with van der Waals surface area (Å²) in [6.45, 7) is 6.48. The second-order valence-corrected chi connectivity index (χ2v) is 7.89. The molecule has 0 rings (SSSR count). The Morgan fingerprint density at radius 2 is 1.33 bits per heavy atom. The summed E-state index contributed by atoms with van der Waals surface area (Å²) in [5.41, 5.74) is 3.09. The van der Waals surface area contributed by atoms with E-state index in [-0.39, 0.29) is 0 Å². The third kappa shape index (κ3) is 8.46. The van der Waals surface area contributed by atoms with E-state index in [1.165, 1.54) is 0 Å². The molecule has 0 aromatic rings. The second kappa shape index (κ2) is 5.15. The molecular formula is C11H10Si. The highest BCUT2D eigenvalue weighted by Crippen LogP contribution is 1.95. The summed E-state index contributed by atoms with van der Waals surface area (Å²) in [6, 6.07) is 0. The van der Waals surface area contributed by atoms with Gasteiger partial charge in [0.25, 0.3) is 0 Å². The van der Waals surface area contributed by atoms with E-state index in [4.69, 9.17) is 6.42 Å². The highest BCUT2D eigenvalue weighted by molar-refractivity contribution is 6.83. The van der Waals surface area contributed by atoms with E-state index in [0.29, 0.717) is 0 Å². The molecule has 0 N–H and O–H groups in total. The van der Waals surface area contributed by atoms with Gasteiger partial charge in [0.1, 0.15) is 8.07 Å². The molecule has 12 heavy (non-hydrogen) atoms. The third-order valence-corrected chi connectivity index (χ3v) is 1.63. The van der Waals surface area contributed by atoms with Crippen LogP contribution < -0.4 is 0 Å². The molecule has 0 amide bonds. The first kappa shape index (κ1) is 10.5. The Hall–Kier alpha value is -1.54. The lowest BCUT2D eigenvalue weighted by molar-refractivity contribution is 1.81. The van der Waals surface area contributed by atoms with Crippen LogP contribution in [0.15, 0.2) is 0 Å². The van der Waals surface area contributed by atoms with Crippen molar-refractivity contribution in [2.75, 3.05) is 0 Å². The maximum Gasteiger partial charge on any atom is 0.130 e. The minimum absolute atomic E-state index is 1.28. The van der Waals surface area contributed by atoms with Crippen LogP contribution in [0.5, 0.6) is 0 Å². The number of terminal acetylenes is 1. The van der Waals surface area contributed by atoms with E-state index in [2.05, 4.69) is 60.7 Å². The molecule has 0 fully saturated rings. The highest BCUT2D eigenvalue weighted by Gasteiger charge is 2.06. The van der Waals surface area contributed by atoms with Gasteiger partial charge in [-0.3, -0.25) is 0 Å². The van der Waals surface area contributed by atoms with Crippen molar-refractivity contribution in [1.82, 2.24) is 0 Å². The first-order valence-electron chi connectivity index (χ1n) is 3.54. The number of hydrogen-bond donors (Lipinski definition) is 0. The molecule has 0 saturated heterocycles. The molecule has 0 aromatic carbocycles. The minimum Gasteiger partial charge on any atom is -0.118 e. The zero-order chi connectivity index (χ0) is 9.45. The fourth-order valence-corrected chi connectivity index (χ4v) is 0.786. The van der Waals surface area contributed by atoms with Crippen LogP contribution in [0.25, 0.3) is 0 Å². The number of rotatable bonds is 0. The van der Waals surface area contributed by atoms with Gasteiger partial charge in [0.2, 0.25) is 0 Å². The van der Waals surface area contributed by atoms with Crippen molar-refractivity contribution >= 4 is 8.07 Å². The van der Waals surface area contributed by atoms with Crippen LogP contribution in [-0.2, 0) is 0 Å². The average Bonchev–Trinajstić information content (AvgIpc) is 1.94. The predicted molar refractivity (Wildman–Crippen MR) is 55.5 cm³/mol. The Kier molecular flexibility index (Phi) is 4.49. The van der Waals surface area contributed by atoms with Crippen molar-refractivity contribution in [3.8, 4) is 47.5 Å². The maximum absolute atomic E-state index is 4.89. The monoisotopic (exact) mass is 170 g/mol. The van der Waals surface area contributed by atoms with Crippen LogP contribution in [0, 0.1) is 47.5 Å². The molecule has 0 aromatic heterocycles. The van der Waals surface area contributed by atoms with E-state index in [1.807, 2.05) is 0 Å². The molecule has 1 heteroatoms.